The molecule has 0 aliphatic heterocycles. The van der Waals surface area contributed by atoms with Gasteiger partial charge in [-0.2, -0.15) is 0 Å². The second-order valence-corrected chi connectivity index (χ2v) is 3.47. The first-order valence-corrected chi connectivity index (χ1v) is 4.96. The van der Waals surface area contributed by atoms with Crippen molar-refractivity contribution in [3.8, 4) is 11.3 Å². The Morgan fingerprint density at radius 1 is 1.35 bits per heavy atom. The highest BCUT2D eigenvalue weighted by atomic mass is 19.1. The molecule has 86 valence electrons. The largest absolute Gasteiger partial charge is 0.477 e. The standard InChI is InChI=1S/C13H10FNO2/c1-2-15-11(6-7-12(15)13(16)17)9-4-3-5-10(14)8-9/h2-8H,1H2,(H,16,17). The predicted octanol–water partition coefficient (Wildman–Crippen LogP) is 3.09. The molecule has 0 bridgehead atoms. The zero-order valence-corrected chi connectivity index (χ0v) is 8.93. The molecular weight excluding hydrogens is 221 g/mol. The van der Waals surface area contributed by atoms with E-state index in [1.807, 2.05) is 0 Å². The van der Waals surface area contributed by atoms with Crippen LogP contribution in [0, 0.1) is 5.82 Å². The molecule has 4 heteroatoms. The maximum absolute atomic E-state index is 13.1. The Morgan fingerprint density at radius 3 is 2.71 bits per heavy atom. The number of aromatic carboxylic acids is 1. The quantitative estimate of drug-likeness (QED) is 0.881. The van der Waals surface area contributed by atoms with Gasteiger partial charge in [-0.1, -0.05) is 18.7 Å². The van der Waals surface area contributed by atoms with E-state index in [1.165, 1.54) is 29.0 Å². The van der Waals surface area contributed by atoms with E-state index in [-0.39, 0.29) is 11.5 Å². The summed E-state index contributed by atoms with van der Waals surface area (Å²) < 4.78 is 14.5. The number of aromatic nitrogens is 1. The number of halogens is 1. The van der Waals surface area contributed by atoms with Gasteiger partial charge in [0.2, 0.25) is 0 Å². The molecule has 0 radical (unpaired) electrons. The van der Waals surface area contributed by atoms with Crippen LogP contribution in [0.25, 0.3) is 17.5 Å². The summed E-state index contributed by atoms with van der Waals surface area (Å²) in [5.74, 6) is -1.41. The van der Waals surface area contributed by atoms with Gasteiger partial charge in [0.25, 0.3) is 0 Å². The van der Waals surface area contributed by atoms with Gasteiger partial charge in [-0.15, -0.1) is 0 Å². The third kappa shape index (κ3) is 1.97. The van der Waals surface area contributed by atoms with Crippen LogP contribution >= 0.6 is 0 Å². The highest BCUT2D eigenvalue weighted by molar-refractivity contribution is 5.88. The molecule has 0 aliphatic rings. The molecule has 0 amide bonds. The average molecular weight is 231 g/mol. The van der Waals surface area contributed by atoms with Crippen LogP contribution in [-0.2, 0) is 0 Å². The molecule has 3 nitrogen and oxygen atoms in total. The number of carbonyl (C=O) groups is 1. The molecule has 2 aromatic rings. The highest BCUT2D eigenvalue weighted by Gasteiger charge is 2.13. The fraction of sp³-hybridized carbons (Fsp3) is 0. The van der Waals surface area contributed by atoms with E-state index in [2.05, 4.69) is 6.58 Å². The Kier molecular flexibility index (Phi) is 2.78. The van der Waals surface area contributed by atoms with Gasteiger partial charge < -0.3 is 9.67 Å². The van der Waals surface area contributed by atoms with Crippen LogP contribution in [0.4, 0.5) is 4.39 Å². The molecule has 0 spiro atoms. The van der Waals surface area contributed by atoms with E-state index >= 15 is 0 Å². The number of carboxylic acid groups (broad SMARTS) is 1. The predicted molar refractivity (Wildman–Crippen MR) is 63.2 cm³/mol. The monoisotopic (exact) mass is 231 g/mol. The molecule has 2 rings (SSSR count). The van der Waals surface area contributed by atoms with Crippen LogP contribution in [0.2, 0.25) is 0 Å². The van der Waals surface area contributed by atoms with Gasteiger partial charge in [0.05, 0.1) is 5.69 Å². The third-order valence-electron chi connectivity index (χ3n) is 2.44. The van der Waals surface area contributed by atoms with Crippen LogP contribution < -0.4 is 0 Å². The molecule has 0 unspecified atom stereocenters. The first-order chi connectivity index (χ1) is 8.13. The Labute approximate surface area is 97.4 Å². The van der Waals surface area contributed by atoms with Crippen molar-refractivity contribution in [3.63, 3.8) is 0 Å². The number of benzene rings is 1. The maximum atomic E-state index is 13.1. The van der Waals surface area contributed by atoms with Gasteiger partial charge >= 0.3 is 5.97 Å². The van der Waals surface area contributed by atoms with Gasteiger partial charge in [-0.05, 0) is 24.3 Å². The Bertz CT molecular complexity index is 587. The summed E-state index contributed by atoms with van der Waals surface area (Å²) in [6.45, 7) is 3.56. The molecule has 17 heavy (non-hydrogen) atoms. The number of nitrogens with zero attached hydrogens (tertiary/aromatic N) is 1. The van der Waals surface area contributed by atoms with Gasteiger partial charge in [-0.25, -0.2) is 9.18 Å². The first kappa shape index (κ1) is 11.1. The van der Waals surface area contributed by atoms with Crippen molar-refractivity contribution in [3.05, 3.63) is 54.5 Å². The average Bonchev–Trinajstić information content (AvgIpc) is 2.72. The summed E-state index contributed by atoms with van der Waals surface area (Å²) in [4.78, 5) is 10.9. The van der Waals surface area contributed by atoms with Crippen molar-refractivity contribution in [1.82, 2.24) is 4.57 Å². The van der Waals surface area contributed by atoms with E-state index in [0.29, 0.717) is 11.3 Å². The fourth-order valence-electron chi connectivity index (χ4n) is 1.70. The van der Waals surface area contributed by atoms with Crippen molar-refractivity contribution in [2.45, 2.75) is 0 Å². The van der Waals surface area contributed by atoms with E-state index in [9.17, 15) is 9.18 Å². The second-order valence-electron chi connectivity index (χ2n) is 3.47. The van der Waals surface area contributed by atoms with Crippen molar-refractivity contribution in [2.75, 3.05) is 0 Å². The van der Waals surface area contributed by atoms with E-state index < -0.39 is 5.97 Å². The second kappa shape index (κ2) is 4.25. The minimum atomic E-state index is -1.05. The molecule has 0 fully saturated rings. The van der Waals surface area contributed by atoms with E-state index in [1.54, 1.807) is 18.2 Å². The van der Waals surface area contributed by atoms with Gasteiger partial charge in [0.1, 0.15) is 11.5 Å². The lowest BCUT2D eigenvalue weighted by Crippen LogP contribution is -2.03. The lowest BCUT2D eigenvalue weighted by Gasteiger charge is -2.06. The lowest BCUT2D eigenvalue weighted by molar-refractivity contribution is 0.0689. The molecule has 1 aromatic heterocycles. The molecule has 1 N–H and O–H groups in total. The van der Waals surface area contributed by atoms with E-state index in [0.717, 1.165) is 0 Å². The topological polar surface area (TPSA) is 42.2 Å². The minimum Gasteiger partial charge on any atom is -0.477 e. The molecule has 1 aromatic carbocycles. The third-order valence-corrected chi connectivity index (χ3v) is 2.44. The van der Waals surface area contributed by atoms with Crippen LogP contribution in [0.5, 0.6) is 0 Å². The number of carboxylic acids is 1. The molecule has 0 atom stereocenters. The summed E-state index contributed by atoms with van der Waals surface area (Å²) in [5, 5.41) is 8.97. The van der Waals surface area contributed by atoms with Gasteiger partial charge in [-0.3, -0.25) is 0 Å². The number of hydrogen-bond acceptors (Lipinski definition) is 1. The Hall–Kier alpha value is -2.36. The van der Waals surface area contributed by atoms with Crippen molar-refractivity contribution in [2.24, 2.45) is 0 Å². The van der Waals surface area contributed by atoms with Crippen molar-refractivity contribution >= 4 is 12.2 Å². The smallest absolute Gasteiger partial charge is 0.352 e. The number of rotatable bonds is 3. The molecule has 0 saturated heterocycles. The zero-order chi connectivity index (χ0) is 12.4. The molecular formula is C13H10FNO2. The first-order valence-electron chi connectivity index (χ1n) is 4.96. The van der Waals surface area contributed by atoms with Gasteiger partial charge in [0, 0.05) is 11.8 Å². The SMILES string of the molecule is C=Cn1c(C(=O)O)ccc1-c1cccc(F)c1. The van der Waals surface area contributed by atoms with Crippen LogP contribution in [-0.4, -0.2) is 15.6 Å². The maximum Gasteiger partial charge on any atom is 0.352 e. The van der Waals surface area contributed by atoms with Gasteiger partial charge in [0.15, 0.2) is 0 Å². The number of hydrogen-bond donors (Lipinski definition) is 1. The van der Waals surface area contributed by atoms with Crippen LogP contribution in [0.1, 0.15) is 10.5 Å². The van der Waals surface area contributed by atoms with Crippen molar-refractivity contribution in [1.29, 1.82) is 0 Å². The summed E-state index contributed by atoms with van der Waals surface area (Å²) in [7, 11) is 0. The summed E-state index contributed by atoms with van der Waals surface area (Å²) in [6.07, 6.45) is 1.39. The minimum absolute atomic E-state index is 0.0965. The Balaban J connectivity index is 2.60. The fourth-order valence-corrected chi connectivity index (χ4v) is 1.70. The zero-order valence-electron chi connectivity index (χ0n) is 8.93. The van der Waals surface area contributed by atoms with Crippen LogP contribution in [0.15, 0.2) is 43.0 Å². The normalized spacial score (nSPS) is 10.2. The van der Waals surface area contributed by atoms with E-state index in [4.69, 9.17) is 5.11 Å². The van der Waals surface area contributed by atoms with Crippen LogP contribution in [0.3, 0.4) is 0 Å². The molecule has 1 heterocycles. The summed E-state index contributed by atoms with van der Waals surface area (Å²) in [6, 6.07) is 9.06. The summed E-state index contributed by atoms with van der Waals surface area (Å²) >= 11 is 0. The van der Waals surface area contributed by atoms with Crippen molar-refractivity contribution < 1.29 is 14.3 Å². The molecule has 0 saturated carbocycles. The Morgan fingerprint density at radius 2 is 2.12 bits per heavy atom. The lowest BCUT2D eigenvalue weighted by atomic mass is 10.1. The molecule has 0 aliphatic carbocycles. The highest BCUT2D eigenvalue weighted by Crippen LogP contribution is 2.23. The summed E-state index contributed by atoms with van der Waals surface area (Å²) in [5.41, 5.74) is 1.30.